The van der Waals surface area contributed by atoms with Gasteiger partial charge in [-0.15, -0.1) is 0 Å². The molecule has 1 saturated heterocycles. The monoisotopic (exact) mass is 398 g/mol. The standard InChI is InChI=1S/C22H26N2O5/c1-27-19-12-17(13-20(14-19)28-2)22(26)23-15-16-7-9-24(10-8-16)21(25)6-5-18-4-3-11-29-18/h3-6,11-14,16H,7-10,15H2,1-2H3,(H,23,26)/b6-5+. The van der Waals surface area contributed by atoms with Crippen molar-refractivity contribution in [2.45, 2.75) is 12.8 Å². The van der Waals surface area contributed by atoms with E-state index in [0.717, 1.165) is 12.8 Å². The summed E-state index contributed by atoms with van der Waals surface area (Å²) in [5, 5.41) is 2.98. The van der Waals surface area contributed by atoms with Crippen LogP contribution in [0, 0.1) is 5.92 Å². The molecule has 0 spiro atoms. The van der Waals surface area contributed by atoms with Crippen LogP contribution in [0.2, 0.25) is 0 Å². The molecule has 1 aromatic carbocycles. The maximum absolute atomic E-state index is 12.5. The Bertz CT molecular complexity index is 830. The van der Waals surface area contributed by atoms with E-state index < -0.39 is 0 Å². The van der Waals surface area contributed by atoms with E-state index in [-0.39, 0.29) is 11.8 Å². The number of ether oxygens (including phenoxy) is 2. The van der Waals surface area contributed by atoms with Crippen molar-refractivity contribution in [2.24, 2.45) is 5.92 Å². The largest absolute Gasteiger partial charge is 0.497 e. The van der Waals surface area contributed by atoms with Gasteiger partial charge < -0.3 is 24.1 Å². The Morgan fingerprint density at radius 1 is 1.17 bits per heavy atom. The molecule has 3 rings (SSSR count). The van der Waals surface area contributed by atoms with E-state index in [9.17, 15) is 9.59 Å². The first kappa shape index (κ1) is 20.5. The average molecular weight is 398 g/mol. The van der Waals surface area contributed by atoms with Crippen LogP contribution in [-0.4, -0.2) is 50.6 Å². The predicted molar refractivity (Wildman–Crippen MR) is 109 cm³/mol. The predicted octanol–water partition coefficient (Wildman–Crippen LogP) is 2.98. The Hall–Kier alpha value is -3.22. The van der Waals surface area contributed by atoms with Crippen LogP contribution in [0.15, 0.2) is 47.1 Å². The van der Waals surface area contributed by atoms with Gasteiger partial charge >= 0.3 is 0 Å². The molecule has 2 aromatic rings. The van der Waals surface area contributed by atoms with Crippen LogP contribution < -0.4 is 14.8 Å². The molecule has 2 heterocycles. The van der Waals surface area contributed by atoms with Gasteiger partial charge in [0.2, 0.25) is 5.91 Å². The zero-order chi connectivity index (χ0) is 20.6. The van der Waals surface area contributed by atoms with Crippen LogP contribution in [0.5, 0.6) is 11.5 Å². The quantitative estimate of drug-likeness (QED) is 0.725. The summed E-state index contributed by atoms with van der Waals surface area (Å²) in [5.41, 5.74) is 0.497. The molecule has 0 atom stereocenters. The molecular formula is C22H26N2O5. The molecule has 1 aliphatic rings. The SMILES string of the molecule is COc1cc(OC)cc(C(=O)NCC2CCN(C(=O)/C=C/c3ccco3)CC2)c1. The second-order valence-electron chi connectivity index (χ2n) is 6.93. The lowest BCUT2D eigenvalue weighted by Gasteiger charge is -2.31. The first-order valence-corrected chi connectivity index (χ1v) is 9.61. The van der Waals surface area contributed by atoms with Crippen LogP contribution >= 0.6 is 0 Å². The number of furan rings is 1. The van der Waals surface area contributed by atoms with Gasteiger partial charge in [-0.3, -0.25) is 9.59 Å². The van der Waals surface area contributed by atoms with Gasteiger partial charge in [-0.25, -0.2) is 0 Å². The van der Waals surface area contributed by atoms with Crippen molar-refractivity contribution in [3.63, 3.8) is 0 Å². The highest BCUT2D eigenvalue weighted by molar-refractivity contribution is 5.95. The number of nitrogens with one attached hydrogen (secondary N) is 1. The fraction of sp³-hybridized carbons (Fsp3) is 0.364. The van der Waals surface area contributed by atoms with Crippen molar-refractivity contribution in [3.8, 4) is 11.5 Å². The molecule has 0 bridgehead atoms. The van der Waals surface area contributed by atoms with E-state index >= 15 is 0 Å². The first-order valence-electron chi connectivity index (χ1n) is 9.61. The Labute approximate surface area is 170 Å². The van der Waals surface area contributed by atoms with E-state index in [1.807, 2.05) is 4.90 Å². The zero-order valence-electron chi connectivity index (χ0n) is 16.7. The first-order chi connectivity index (χ1) is 14.1. The molecule has 0 radical (unpaired) electrons. The van der Waals surface area contributed by atoms with Gasteiger partial charge in [-0.2, -0.15) is 0 Å². The molecule has 0 saturated carbocycles. The summed E-state index contributed by atoms with van der Waals surface area (Å²) in [4.78, 5) is 26.6. The molecule has 0 aliphatic carbocycles. The number of piperidine rings is 1. The fourth-order valence-electron chi connectivity index (χ4n) is 3.28. The zero-order valence-corrected chi connectivity index (χ0v) is 16.7. The Morgan fingerprint density at radius 3 is 2.45 bits per heavy atom. The fourth-order valence-corrected chi connectivity index (χ4v) is 3.28. The second-order valence-corrected chi connectivity index (χ2v) is 6.93. The van der Waals surface area contributed by atoms with Crippen LogP contribution in [-0.2, 0) is 4.79 Å². The summed E-state index contributed by atoms with van der Waals surface area (Å²) < 4.78 is 15.6. The smallest absolute Gasteiger partial charge is 0.251 e. The number of carbonyl (C=O) groups excluding carboxylic acids is 2. The van der Waals surface area contributed by atoms with Crippen molar-refractivity contribution in [1.29, 1.82) is 0 Å². The second kappa shape index (κ2) is 9.82. The Morgan fingerprint density at radius 2 is 1.86 bits per heavy atom. The normalized spacial score (nSPS) is 14.8. The van der Waals surface area contributed by atoms with E-state index in [1.54, 1.807) is 56.9 Å². The number of hydrogen-bond donors (Lipinski definition) is 1. The number of carbonyl (C=O) groups is 2. The van der Waals surface area contributed by atoms with E-state index in [1.165, 1.54) is 6.08 Å². The van der Waals surface area contributed by atoms with Crippen molar-refractivity contribution in [3.05, 3.63) is 54.0 Å². The topological polar surface area (TPSA) is 81.0 Å². The van der Waals surface area contributed by atoms with Crippen LogP contribution in [0.1, 0.15) is 29.0 Å². The van der Waals surface area contributed by atoms with Crippen LogP contribution in [0.3, 0.4) is 0 Å². The minimum absolute atomic E-state index is 0.0210. The number of hydrogen-bond acceptors (Lipinski definition) is 5. The third kappa shape index (κ3) is 5.63. The lowest BCUT2D eigenvalue weighted by atomic mass is 9.96. The highest BCUT2D eigenvalue weighted by Crippen LogP contribution is 2.23. The van der Waals surface area contributed by atoms with Crippen LogP contribution in [0.4, 0.5) is 0 Å². The summed E-state index contributed by atoms with van der Waals surface area (Å²) in [6.07, 6.45) is 6.49. The van der Waals surface area contributed by atoms with Gasteiger partial charge in [0.05, 0.1) is 20.5 Å². The third-order valence-corrected chi connectivity index (χ3v) is 5.02. The van der Waals surface area contributed by atoms with E-state index in [2.05, 4.69) is 5.32 Å². The van der Waals surface area contributed by atoms with Crippen molar-refractivity contribution in [1.82, 2.24) is 10.2 Å². The highest BCUT2D eigenvalue weighted by Gasteiger charge is 2.22. The van der Waals surface area contributed by atoms with Crippen molar-refractivity contribution >= 4 is 17.9 Å². The molecule has 1 aliphatic heterocycles. The summed E-state index contributed by atoms with van der Waals surface area (Å²) in [6, 6.07) is 8.68. The lowest BCUT2D eigenvalue weighted by Crippen LogP contribution is -2.41. The number of nitrogens with zero attached hydrogens (tertiary/aromatic N) is 1. The number of methoxy groups -OCH3 is 2. The molecule has 1 aromatic heterocycles. The highest BCUT2D eigenvalue weighted by atomic mass is 16.5. The third-order valence-electron chi connectivity index (χ3n) is 5.02. The van der Waals surface area contributed by atoms with Crippen molar-refractivity contribution < 1.29 is 23.5 Å². The molecule has 7 heteroatoms. The Kier molecular flexibility index (Phi) is 6.94. The minimum atomic E-state index is -0.165. The summed E-state index contributed by atoms with van der Waals surface area (Å²) in [7, 11) is 3.10. The van der Waals surface area contributed by atoms with E-state index in [4.69, 9.17) is 13.9 Å². The summed E-state index contributed by atoms with van der Waals surface area (Å²) >= 11 is 0. The van der Waals surface area contributed by atoms with Gasteiger partial charge in [-0.05, 0) is 49.1 Å². The molecule has 0 unspecified atom stereocenters. The van der Waals surface area contributed by atoms with Crippen LogP contribution in [0.25, 0.3) is 6.08 Å². The summed E-state index contributed by atoms with van der Waals surface area (Å²) in [6.45, 7) is 1.92. The molecule has 29 heavy (non-hydrogen) atoms. The van der Waals surface area contributed by atoms with Gasteiger partial charge in [0, 0.05) is 37.3 Å². The number of benzene rings is 1. The maximum atomic E-state index is 12.5. The molecule has 154 valence electrons. The molecule has 2 amide bonds. The lowest BCUT2D eigenvalue weighted by molar-refractivity contribution is -0.127. The summed E-state index contributed by atoms with van der Waals surface area (Å²) in [5.74, 6) is 1.96. The van der Waals surface area contributed by atoms with Crippen molar-refractivity contribution in [2.75, 3.05) is 33.9 Å². The number of rotatable bonds is 7. The number of amides is 2. The van der Waals surface area contributed by atoms with Gasteiger partial charge in [0.25, 0.3) is 5.91 Å². The minimum Gasteiger partial charge on any atom is -0.497 e. The van der Waals surface area contributed by atoms with Gasteiger partial charge in [-0.1, -0.05) is 0 Å². The molecule has 7 nitrogen and oxygen atoms in total. The molecular weight excluding hydrogens is 372 g/mol. The number of likely N-dealkylation sites (tertiary alicyclic amines) is 1. The average Bonchev–Trinajstić information content (AvgIpc) is 3.29. The van der Waals surface area contributed by atoms with Gasteiger partial charge in [0.1, 0.15) is 17.3 Å². The van der Waals surface area contributed by atoms with E-state index in [0.29, 0.717) is 48.4 Å². The molecule has 1 fully saturated rings. The van der Waals surface area contributed by atoms with Gasteiger partial charge in [0.15, 0.2) is 0 Å². The Balaban J connectivity index is 1.46. The maximum Gasteiger partial charge on any atom is 0.251 e. The molecule has 1 N–H and O–H groups in total.